The van der Waals surface area contributed by atoms with Crippen LogP contribution in [0, 0.1) is 0 Å². The van der Waals surface area contributed by atoms with Gasteiger partial charge < -0.3 is 30.7 Å². The van der Waals surface area contributed by atoms with Crippen molar-refractivity contribution in [3.8, 4) is 0 Å². The van der Waals surface area contributed by atoms with Crippen molar-refractivity contribution >= 4 is 17.7 Å². The maximum atomic E-state index is 12.1. The Balaban J connectivity index is 1.47. The standard InChI is InChI=1S/C26H43N5O3S/c1-33-12-13-34-26(32)18-35-21-14-19-16-29-24-8-4-2-6-22(24)27-10-11-28-23-7-3-5-9-25(23)30-17-20(15-21)31-19/h14-15,22-25,27-30H,2-13,16-18H2,1H3/t22-,23-,24-,25-/m1/s1. The molecule has 2 aliphatic carbocycles. The number of rotatable bonds is 6. The van der Waals surface area contributed by atoms with Crippen molar-refractivity contribution in [3.05, 3.63) is 23.5 Å². The molecule has 0 radical (unpaired) electrons. The van der Waals surface area contributed by atoms with Gasteiger partial charge in [-0.1, -0.05) is 25.7 Å². The average Bonchev–Trinajstić information content (AvgIpc) is 2.88. The number of esters is 1. The predicted molar refractivity (Wildman–Crippen MR) is 140 cm³/mol. The normalized spacial score (nSPS) is 28.1. The van der Waals surface area contributed by atoms with E-state index in [1.807, 2.05) is 0 Å². The van der Waals surface area contributed by atoms with Gasteiger partial charge in [-0.05, 0) is 37.8 Å². The Morgan fingerprint density at radius 2 is 1.37 bits per heavy atom. The van der Waals surface area contributed by atoms with Crippen LogP contribution in [0.3, 0.4) is 0 Å². The predicted octanol–water partition coefficient (Wildman–Crippen LogP) is 2.36. The summed E-state index contributed by atoms with van der Waals surface area (Å²) < 4.78 is 10.2. The topological polar surface area (TPSA) is 96.5 Å². The Bertz CT molecular complexity index is 750. The Hall–Kier alpha value is -1.23. The number of hydrogen-bond acceptors (Lipinski definition) is 9. The smallest absolute Gasteiger partial charge is 0.316 e. The first-order chi connectivity index (χ1) is 17.2. The SMILES string of the molecule is COCCOC(=O)CSc1cc2nc(c1)CN[C@@H]1CCCC[C@H]1NCCN[C@@H]1CCCC[C@H]1NC2. The third-order valence-corrected chi connectivity index (χ3v) is 8.32. The van der Waals surface area contributed by atoms with Crippen LogP contribution in [-0.2, 0) is 27.4 Å². The van der Waals surface area contributed by atoms with Gasteiger partial charge in [0.15, 0.2) is 0 Å². The summed E-state index contributed by atoms with van der Waals surface area (Å²) in [6, 6.07) is 6.19. The molecule has 1 aliphatic heterocycles. The lowest BCUT2D eigenvalue weighted by Crippen LogP contribution is -2.53. The maximum absolute atomic E-state index is 12.1. The zero-order chi connectivity index (χ0) is 24.3. The van der Waals surface area contributed by atoms with Crippen molar-refractivity contribution in [2.45, 2.75) is 93.5 Å². The van der Waals surface area contributed by atoms with Gasteiger partial charge in [-0.25, -0.2) is 0 Å². The number of carbonyl (C=O) groups excluding carboxylic acids is 1. The summed E-state index contributed by atoms with van der Waals surface area (Å²) in [7, 11) is 1.60. The highest BCUT2D eigenvalue weighted by atomic mass is 32.2. The summed E-state index contributed by atoms with van der Waals surface area (Å²) in [6.07, 6.45) is 10.0. The van der Waals surface area contributed by atoms with Crippen LogP contribution in [0.25, 0.3) is 0 Å². The summed E-state index contributed by atoms with van der Waals surface area (Å²) >= 11 is 1.52. The first-order valence-electron chi connectivity index (χ1n) is 13.4. The number of fused-ring (bicyclic) bond motifs is 4. The van der Waals surface area contributed by atoms with Crippen molar-refractivity contribution in [2.24, 2.45) is 0 Å². The molecule has 4 N–H and O–H groups in total. The van der Waals surface area contributed by atoms with Crippen molar-refractivity contribution < 1.29 is 14.3 Å². The number of ether oxygens (including phenoxy) is 2. The highest BCUT2D eigenvalue weighted by molar-refractivity contribution is 8.00. The maximum Gasteiger partial charge on any atom is 0.316 e. The molecule has 2 bridgehead atoms. The zero-order valence-electron chi connectivity index (χ0n) is 21.2. The Morgan fingerprint density at radius 3 is 1.89 bits per heavy atom. The average molecular weight is 506 g/mol. The minimum absolute atomic E-state index is 0.214. The Labute approximate surface area is 214 Å². The molecule has 1 aromatic rings. The molecule has 9 heteroatoms. The molecular formula is C26H43N5O3S. The summed E-state index contributed by atoms with van der Waals surface area (Å²) in [5.41, 5.74) is 2.08. The molecule has 2 heterocycles. The number of nitrogens with one attached hydrogen (secondary N) is 4. The van der Waals surface area contributed by atoms with Gasteiger partial charge in [-0.2, -0.15) is 0 Å². The van der Waals surface area contributed by atoms with Crippen molar-refractivity contribution in [2.75, 3.05) is 39.2 Å². The van der Waals surface area contributed by atoms with Gasteiger partial charge in [0.2, 0.25) is 0 Å². The number of hydrogen-bond donors (Lipinski definition) is 4. The van der Waals surface area contributed by atoms with Gasteiger partial charge >= 0.3 is 5.97 Å². The number of thioether (sulfide) groups is 1. The van der Waals surface area contributed by atoms with Crippen LogP contribution >= 0.6 is 11.8 Å². The van der Waals surface area contributed by atoms with Crippen LogP contribution in [0.1, 0.15) is 62.8 Å². The number of pyridine rings is 1. The van der Waals surface area contributed by atoms with Gasteiger partial charge in [0.05, 0.1) is 23.7 Å². The second-order valence-electron chi connectivity index (χ2n) is 9.95. The quantitative estimate of drug-likeness (QED) is 0.264. The second-order valence-corrected chi connectivity index (χ2v) is 11.0. The monoisotopic (exact) mass is 505 g/mol. The van der Waals surface area contributed by atoms with Crippen LogP contribution in [0.5, 0.6) is 0 Å². The lowest BCUT2D eigenvalue weighted by molar-refractivity contribution is -0.141. The molecule has 4 rings (SSSR count). The van der Waals surface area contributed by atoms with E-state index in [0.29, 0.717) is 37.4 Å². The van der Waals surface area contributed by atoms with Crippen LogP contribution in [-0.4, -0.2) is 74.3 Å². The molecule has 0 saturated heterocycles. The molecule has 2 saturated carbocycles. The molecule has 0 aromatic carbocycles. The van der Waals surface area contributed by atoms with Crippen molar-refractivity contribution in [3.63, 3.8) is 0 Å². The Kier molecular flexibility index (Phi) is 11.1. The van der Waals surface area contributed by atoms with Gasteiger partial charge in [0.25, 0.3) is 0 Å². The van der Waals surface area contributed by atoms with Crippen LogP contribution < -0.4 is 21.3 Å². The minimum atomic E-state index is -0.214. The summed E-state index contributed by atoms with van der Waals surface area (Å²) in [4.78, 5) is 18.2. The lowest BCUT2D eigenvalue weighted by Gasteiger charge is -2.34. The van der Waals surface area contributed by atoms with E-state index in [1.165, 1.54) is 63.1 Å². The highest BCUT2D eigenvalue weighted by Gasteiger charge is 2.27. The molecule has 0 unspecified atom stereocenters. The Morgan fingerprint density at radius 1 is 0.857 bits per heavy atom. The molecule has 8 nitrogen and oxygen atoms in total. The molecule has 0 spiro atoms. The summed E-state index contributed by atoms with van der Waals surface area (Å²) in [5.74, 6) is 0.0744. The summed E-state index contributed by atoms with van der Waals surface area (Å²) in [6.45, 7) is 4.23. The van der Waals surface area contributed by atoms with E-state index < -0.39 is 0 Å². The number of nitrogens with zero attached hydrogens (tertiary/aromatic N) is 1. The fraction of sp³-hybridized carbons (Fsp3) is 0.769. The van der Waals surface area contributed by atoms with E-state index in [1.54, 1.807) is 7.11 Å². The molecule has 3 aliphatic rings. The van der Waals surface area contributed by atoms with Crippen LogP contribution in [0.2, 0.25) is 0 Å². The number of methoxy groups -OCH3 is 1. The minimum Gasteiger partial charge on any atom is -0.463 e. The molecule has 2 fully saturated rings. The second kappa shape index (κ2) is 14.5. The van der Waals surface area contributed by atoms with E-state index in [-0.39, 0.29) is 11.7 Å². The first-order valence-corrected chi connectivity index (χ1v) is 14.4. The third kappa shape index (κ3) is 8.68. The van der Waals surface area contributed by atoms with E-state index in [4.69, 9.17) is 14.5 Å². The molecule has 196 valence electrons. The van der Waals surface area contributed by atoms with E-state index in [9.17, 15) is 4.79 Å². The van der Waals surface area contributed by atoms with E-state index >= 15 is 0 Å². The molecular weight excluding hydrogens is 462 g/mol. The van der Waals surface area contributed by atoms with Gasteiger partial charge in [-0.3, -0.25) is 9.78 Å². The van der Waals surface area contributed by atoms with Crippen molar-refractivity contribution in [1.82, 2.24) is 26.3 Å². The molecule has 4 atom stereocenters. The summed E-state index contributed by atoms with van der Waals surface area (Å²) in [5, 5.41) is 15.2. The van der Waals surface area contributed by atoms with Crippen molar-refractivity contribution in [1.29, 1.82) is 0 Å². The third-order valence-electron chi connectivity index (χ3n) is 7.37. The number of aromatic nitrogens is 1. The zero-order valence-corrected chi connectivity index (χ0v) is 22.0. The molecule has 0 amide bonds. The first kappa shape index (κ1) is 26.8. The molecule has 35 heavy (non-hydrogen) atoms. The highest BCUT2D eigenvalue weighted by Crippen LogP contribution is 2.23. The lowest BCUT2D eigenvalue weighted by atomic mass is 9.89. The van der Waals surface area contributed by atoms with Gasteiger partial charge in [0.1, 0.15) is 6.61 Å². The van der Waals surface area contributed by atoms with Gasteiger partial charge in [-0.15, -0.1) is 11.8 Å². The van der Waals surface area contributed by atoms with Crippen LogP contribution in [0.4, 0.5) is 0 Å². The van der Waals surface area contributed by atoms with Crippen LogP contribution in [0.15, 0.2) is 17.0 Å². The van der Waals surface area contributed by atoms with Gasteiger partial charge in [0, 0.05) is 62.4 Å². The molecule has 1 aromatic heterocycles. The van der Waals surface area contributed by atoms with E-state index in [2.05, 4.69) is 33.4 Å². The fourth-order valence-electron chi connectivity index (χ4n) is 5.53. The number of carbonyl (C=O) groups is 1. The fourth-order valence-corrected chi connectivity index (χ4v) is 6.34. The van der Waals surface area contributed by atoms with E-state index in [0.717, 1.165) is 42.5 Å². The largest absolute Gasteiger partial charge is 0.463 e.